The van der Waals surface area contributed by atoms with Crippen LogP contribution in [0.15, 0.2) is 24.3 Å². The van der Waals surface area contributed by atoms with Crippen molar-refractivity contribution in [2.75, 3.05) is 18.4 Å². The van der Waals surface area contributed by atoms with Crippen LogP contribution in [0.4, 0.5) is 5.69 Å². The van der Waals surface area contributed by atoms with Crippen LogP contribution in [0.1, 0.15) is 84.6 Å². The van der Waals surface area contributed by atoms with Crippen molar-refractivity contribution in [3.63, 3.8) is 0 Å². The van der Waals surface area contributed by atoms with Gasteiger partial charge in [-0.1, -0.05) is 65.0 Å². The maximum Gasteiger partial charge on any atom is 0.244 e. The van der Waals surface area contributed by atoms with E-state index < -0.39 is 12.1 Å². The fraction of sp³-hybridized carbons (Fsp3) is 0.708. The largest absolute Gasteiger partial charge is 0.391 e. The van der Waals surface area contributed by atoms with Gasteiger partial charge in [0.2, 0.25) is 5.91 Å². The fourth-order valence-electron chi connectivity index (χ4n) is 3.73. The molecule has 0 fully saturated rings. The molecule has 0 aliphatic heterocycles. The topological polar surface area (TPSA) is 52.6 Å². The molecule has 4 nitrogen and oxygen atoms in total. The molecule has 1 unspecified atom stereocenters. The number of amides is 1. The maximum atomic E-state index is 12.8. The number of carbonyl (C=O) groups is 1. The highest BCUT2D eigenvalue weighted by atomic mass is 16.3. The number of aliphatic hydroxyl groups is 1. The summed E-state index contributed by atoms with van der Waals surface area (Å²) in [6.07, 6.45) is 10.1. The molecule has 1 aromatic carbocycles. The summed E-state index contributed by atoms with van der Waals surface area (Å²) in [5.41, 5.74) is 2.12. The molecule has 0 heterocycles. The zero-order valence-corrected chi connectivity index (χ0v) is 18.5. The van der Waals surface area contributed by atoms with Crippen molar-refractivity contribution >= 4 is 11.6 Å². The standard InChI is InChI=1S/C24H42N2O2/c1-5-8-9-10-11-12-13-21-14-16-22(17-15-21)25-24(28)23(20(4)27)26(18-6-2)19-7-3/h14-17,20,23,27H,5-13,18-19H2,1-4H3,(H,25,28)/t20-,23?/m0/s1. The summed E-state index contributed by atoms with van der Waals surface area (Å²) in [6, 6.07) is 7.66. The van der Waals surface area contributed by atoms with E-state index in [9.17, 15) is 9.90 Å². The van der Waals surface area contributed by atoms with E-state index in [1.165, 1.54) is 44.1 Å². The van der Waals surface area contributed by atoms with Gasteiger partial charge in [-0.25, -0.2) is 0 Å². The first-order valence-electron chi connectivity index (χ1n) is 11.3. The lowest BCUT2D eigenvalue weighted by molar-refractivity contribution is -0.125. The smallest absolute Gasteiger partial charge is 0.244 e. The van der Waals surface area contributed by atoms with Gasteiger partial charge in [0, 0.05) is 5.69 Å². The van der Waals surface area contributed by atoms with E-state index in [4.69, 9.17) is 0 Å². The highest BCUT2D eigenvalue weighted by Gasteiger charge is 2.29. The molecule has 4 heteroatoms. The predicted octanol–water partition coefficient (Wildman–Crippen LogP) is 5.40. The zero-order chi connectivity index (χ0) is 20.8. The minimum Gasteiger partial charge on any atom is -0.391 e. The van der Waals surface area contributed by atoms with Gasteiger partial charge in [0.25, 0.3) is 0 Å². The van der Waals surface area contributed by atoms with E-state index in [2.05, 4.69) is 43.1 Å². The monoisotopic (exact) mass is 390 g/mol. The SMILES string of the molecule is CCCCCCCCc1ccc(NC(=O)C([C@H](C)O)N(CCC)CCC)cc1. The second-order valence-corrected chi connectivity index (χ2v) is 7.93. The van der Waals surface area contributed by atoms with Crippen LogP contribution in [0.2, 0.25) is 0 Å². The minimum atomic E-state index is -0.704. The Labute approximate surface area is 172 Å². The van der Waals surface area contributed by atoms with Crippen molar-refractivity contribution in [1.82, 2.24) is 4.90 Å². The first-order valence-corrected chi connectivity index (χ1v) is 11.3. The van der Waals surface area contributed by atoms with Crippen LogP contribution in [0.3, 0.4) is 0 Å². The fourth-order valence-corrected chi connectivity index (χ4v) is 3.73. The number of unbranched alkanes of at least 4 members (excludes halogenated alkanes) is 5. The Hall–Kier alpha value is -1.39. The number of aliphatic hydroxyl groups excluding tert-OH is 1. The Bertz CT molecular complexity index is 522. The third kappa shape index (κ3) is 9.20. The van der Waals surface area contributed by atoms with Crippen molar-refractivity contribution in [3.8, 4) is 0 Å². The maximum absolute atomic E-state index is 12.8. The second-order valence-electron chi connectivity index (χ2n) is 7.93. The molecule has 0 aromatic heterocycles. The van der Waals surface area contributed by atoms with E-state index in [0.717, 1.165) is 38.0 Å². The average Bonchev–Trinajstić information content (AvgIpc) is 2.66. The molecule has 1 rings (SSSR count). The molecule has 0 spiro atoms. The number of rotatable bonds is 15. The first kappa shape index (κ1) is 24.6. The number of hydrogen-bond acceptors (Lipinski definition) is 3. The molecule has 1 amide bonds. The van der Waals surface area contributed by atoms with Gasteiger partial charge in [0.15, 0.2) is 0 Å². The Kier molecular flexibility index (Phi) is 12.8. The van der Waals surface area contributed by atoms with Crippen LogP contribution in [0.25, 0.3) is 0 Å². The number of aryl methyl sites for hydroxylation is 1. The number of nitrogens with one attached hydrogen (secondary N) is 1. The molecule has 28 heavy (non-hydrogen) atoms. The van der Waals surface area contributed by atoms with Crippen LogP contribution >= 0.6 is 0 Å². The van der Waals surface area contributed by atoms with Crippen LogP contribution in [0, 0.1) is 0 Å². The van der Waals surface area contributed by atoms with E-state index >= 15 is 0 Å². The first-order chi connectivity index (χ1) is 13.5. The lowest BCUT2D eigenvalue weighted by Crippen LogP contribution is -2.51. The summed E-state index contributed by atoms with van der Waals surface area (Å²) in [5, 5.41) is 13.2. The third-order valence-electron chi connectivity index (χ3n) is 5.18. The third-order valence-corrected chi connectivity index (χ3v) is 5.18. The van der Waals surface area contributed by atoms with Crippen molar-refractivity contribution < 1.29 is 9.90 Å². The molecule has 160 valence electrons. The number of hydrogen-bond donors (Lipinski definition) is 2. The van der Waals surface area contributed by atoms with Crippen molar-refractivity contribution in [2.24, 2.45) is 0 Å². The molecular weight excluding hydrogens is 348 g/mol. The summed E-state index contributed by atoms with van der Waals surface area (Å²) >= 11 is 0. The van der Waals surface area contributed by atoms with Crippen molar-refractivity contribution in [1.29, 1.82) is 0 Å². The van der Waals surface area contributed by atoms with E-state index in [1.54, 1.807) is 6.92 Å². The molecule has 2 atom stereocenters. The number of anilines is 1. The molecule has 0 saturated carbocycles. The summed E-state index contributed by atoms with van der Waals surface area (Å²) in [4.78, 5) is 14.9. The Morgan fingerprint density at radius 3 is 2.04 bits per heavy atom. The van der Waals surface area contributed by atoms with Gasteiger partial charge in [-0.05, 0) is 63.4 Å². The van der Waals surface area contributed by atoms with Crippen molar-refractivity contribution in [2.45, 2.75) is 97.6 Å². The van der Waals surface area contributed by atoms with Crippen LogP contribution in [0.5, 0.6) is 0 Å². The number of carbonyl (C=O) groups excluding carboxylic acids is 1. The summed E-state index contributed by atoms with van der Waals surface area (Å²) in [5.74, 6) is -0.124. The Balaban J connectivity index is 2.57. The van der Waals surface area contributed by atoms with Crippen LogP contribution in [-0.4, -0.2) is 41.1 Å². The molecule has 0 aliphatic rings. The highest BCUT2D eigenvalue weighted by molar-refractivity contribution is 5.95. The van der Waals surface area contributed by atoms with Gasteiger partial charge in [-0.2, -0.15) is 0 Å². The Morgan fingerprint density at radius 2 is 1.50 bits per heavy atom. The van der Waals surface area contributed by atoms with Gasteiger partial charge < -0.3 is 10.4 Å². The lowest BCUT2D eigenvalue weighted by Gasteiger charge is -2.32. The van der Waals surface area contributed by atoms with Gasteiger partial charge >= 0.3 is 0 Å². The zero-order valence-electron chi connectivity index (χ0n) is 18.5. The molecule has 0 aliphatic carbocycles. The average molecular weight is 391 g/mol. The van der Waals surface area contributed by atoms with E-state index in [1.807, 2.05) is 12.1 Å². The normalized spacial score (nSPS) is 13.5. The quantitative estimate of drug-likeness (QED) is 0.394. The molecule has 1 aromatic rings. The second kappa shape index (κ2) is 14.6. The van der Waals surface area contributed by atoms with Crippen LogP contribution in [-0.2, 0) is 11.2 Å². The summed E-state index contributed by atoms with van der Waals surface area (Å²) < 4.78 is 0. The van der Waals surface area contributed by atoms with Gasteiger partial charge in [-0.15, -0.1) is 0 Å². The molecule has 0 saturated heterocycles. The number of nitrogens with zero attached hydrogens (tertiary/aromatic N) is 1. The predicted molar refractivity (Wildman–Crippen MR) is 120 cm³/mol. The van der Waals surface area contributed by atoms with Crippen molar-refractivity contribution in [3.05, 3.63) is 29.8 Å². The van der Waals surface area contributed by atoms with Gasteiger partial charge in [0.1, 0.15) is 6.04 Å². The summed E-state index contributed by atoms with van der Waals surface area (Å²) in [6.45, 7) is 9.77. The van der Waals surface area contributed by atoms with E-state index in [-0.39, 0.29) is 5.91 Å². The van der Waals surface area contributed by atoms with E-state index in [0.29, 0.717) is 0 Å². The molecule has 0 radical (unpaired) electrons. The molecular formula is C24H42N2O2. The number of benzene rings is 1. The van der Waals surface area contributed by atoms with Gasteiger partial charge in [0.05, 0.1) is 6.10 Å². The highest BCUT2D eigenvalue weighted by Crippen LogP contribution is 2.16. The van der Waals surface area contributed by atoms with Crippen LogP contribution < -0.4 is 5.32 Å². The molecule has 2 N–H and O–H groups in total. The summed E-state index contributed by atoms with van der Waals surface area (Å²) in [7, 11) is 0. The van der Waals surface area contributed by atoms with Gasteiger partial charge in [-0.3, -0.25) is 9.69 Å². The Morgan fingerprint density at radius 1 is 0.929 bits per heavy atom. The molecule has 0 bridgehead atoms. The lowest BCUT2D eigenvalue weighted by atomic mass is 10.0. The minimum absolute atomic E-state index is 0.124.